The molecule has 2 heteroatoms. The first-order valence-electron chi connectivity index (χ1n) is 5.47. The van der Waals surface area contributed by atoms with E-state index in [1.807, 2.05) is 19.1 Å². The van der Waals surface area contributed by atoms with Crippen LogP contribution in [0.15, 0.2) is 30.3 Å². The highest BCUT2D eigenvalue weighted by Gasteiger charge is 2.06. The number of benzene rings is 1. The normalized spacial score (nSPS) is 11.3. The van der Waals surface area contributed by atoms with E-state index in [-0.39, 0.29) is 5.97 Å². The monoisotopic (exact) mass is 218 g/mol. The SMILES string of the molecule is C/C=C(/CCC(=O)OC)c1ccccc1C. The fourth-order valence-electron chi connectivity index (χ4n) is 1.71. The van der Waals surface area contributed by atoms with Crippen molar-refractivity contribution < 1.29 is 9.53 Å². The van der Waals surface area contributed by atoms with Crippen molar-refractivity contribution in [1.82, 2.24) is 0 Å². The molecule has 16 heavy (non-hydrogen) atoms. The third-order valence-electron chi connectivity index (χ3n) is 2.67. The molecule has 0 amide bonds. The van der Waals surface area contributed by atoms with Gasteiger partial charge in [-0.1, -0.05) is 30.3 Å². The average Bonchev–Trinajstić information content (AvgIpc) is 2.31. The summed E-state index contributed by atoms with van der Waals surface area (Å²) in [6, 6.07) is 8.20. The molecule has 0 fully saturated rings. The van der Waals surface area contributed by atoms with Gasteiger partial charge in [0.15, 0.2) is 0 Å². The largest absolute Gasteiger partial charge is 0.469 e. The Kier molecular flexibility index (Phi) is 4.77. The molecule has 0 bridgehead atoms. The number of carbonyl (C=O) groups excluding carboxylic acids is 1. The lowest BCUT2D eigenvalue weighted by molar-refractivity contribution is -0.140. The van der Waals surface area contributed by atoms with Crippen LogP contribution in [0.4, 0.5) is 0 Å². The van der Waals surface area contributed by atoms with E-state index in [9.17, 15) is 4.79 Å². The molecular formula is C14H18O2. The number of esters is 1. The number of rotatable bonds is 4. The fraction of sp³-hybridized carbons (Fsp3) is 0.357. The van der Waals surface area contributed by atoms with Gasteiger partial charge in [-0.25, -0.2) is 0 Å². The minimum Gasteiger partial charge on any atom is -0.469 e. The van der Waals surface area contributed by atoms with Crippen molar-refractivity contribution in [2.75, 3.05) is 7.11 Å². The molecule has 0 N–H and O–H groups in total. The van der Waals surface area contributed by atoms with E-state index < -0.39 is 0 Å². The Balaban J connectivity index is 2.77. The van der Waals surface area contributed by atoms with Gasteiger partial charge in [0.2, 0.25) is 0 Å². The Morgan fingerprint density at radius 2 is 2.00 bits per heavy atom. The summed E-state index contributed by atoms with van der Waals surface area (Å²) in [7, 11) is 1.42. The molecule has 1 aromatic rings. The van der Waals surface area contributed by atoms with Crippen molar-refractivity contribution in [3.05, 3.63) is 41.5 Å². The van der Waals surface area contributed by atoms with Gasteiger partial charge in [-0.05, 0) is 37.0 Å². The zero-order valence-corrected chi connectivity index (χ0v) is 10.1. The van der Waals surface area contributed by atoms with Crippen LogP contribution in [-0.4, -0.2) is 13.1 Å². The summed E-state index contributed by atoms with van der Waals surface area (Å²) in [6.07, 6.45) is 3.23. The summed E-state index contributed by atoms with van der Waals surface area (Å²) in [4.78, 5) is 11.1. The highest BCUT2D eigenvalue weighted by molar-refractivity contribution is 5.75. The number of allylic oxidation sites excluding steroid dienone is 2. The minimum absolute atomic E-state index is 0.159. The van der Waals surface area contributed by atoms with E-state index in [2.05, 4.69) is 29.9 Å². The Bertz CT molecular complexity index is 391. The molecule has 0 aromatic heterocycles. The van der Waals surface area contributed by atoms with Crippen LogP contribution in [0.25, 0.3) is 5.57 Å². The van der Waals surface area contributed by atoms with Gasteiger partial charge in [0, 0.05) is 6.42 Å². The second-order valence-electron chi connectivity index (χ2n) is 3.70. The zero-order valence-electron chi connectivity index (χ0n) is 10.1. The molecule has 0 aliphatic rings. The lowest BCUT2D eigenvalue weighted by Gasteiger charge is -2.09. The first-order chi connectivity index (χ1) is 7.69. The highest BCUT2D eigenvalue weighted by Crippen LogP contribution is 2.23. The van der Waals surface area contributed by atoms with E-state index in [0.717, 1.165) is 6.42 Å². The number of hydrogen-bond acceptors (Lipinski definition) is 2. The van der Waals surface area contributed by atoms with Crippen molar-refractivity contribution in [1.29, 1.82) is 0 Å². The second-order valence-corrected chi connectivity index (χ2v) is 3.70. The Morgan fingerprint density at radius 1 is 1.31 bits per heavy atom. The van der Waals surface area contributed by atoms with Crippen LogP contribution in [-0.2, 0) is 9.53 Å². The van der Waals surface area contributed by atoms with Crippen LogP contribution >= 0.6 is 0 Å². The Morgan fingerprint density at radius 3 is 2.56 bits per heavy atom. The van der Waals surface area contributed by atoms with E-state index in [1.54, 1.807) is 0 Å². The van der Waals surface area contributed by atoms with Crippen molar-refractivity contribution in [3.63, 3.8) is 0 Å². The molecule has 0 saturated heterocycles. The quantitative estimate of drug-likeness (QED) is 0.724. The molecule has 0 heterocycles. The number of carbonyl (C=O) groups is 1. The maximum absolute atomic E-state index is 11.1. The summed E-state index contributed by atoms with van der Waals surface area (Å²) < 4.78 is 4.65. The van der Waals surface area contributed by atoms with Crippen LogP contribution in [0.1, 0.15) is 30.9 Å². The van der Waals surface area contributed by atoms with Gasteiger partial charge >= 0.3 is 5.97 Å². The molecule has 0 spiro atoms. The molecule has 2 nitrogen and oxygen atoms in total. The molecule has 0 atom stereocenters. The maximum atomic E-state index is 11.1. The van der Waals surface area contributed by atoms with Gasteiger partial charge in [-0.3, -0.25) is 4.79 Å². The molecule has 0 radical (unpaired) electrons. The number of hydrogen-bond donors (Lipinski definition) is 0. The predicted octanol–water partition coefficient (Wildman–Crippen LogP) is 3.35. The van der Waals surface area contributed by atoms with Gasteiger partial charge in [0.25, 0.3) is 0 Å². The molecule has 0 saturated carbocycles. The van der Waals surface area contributed by atoms with E-state index in [1.165, 1.54) is 23.8 Å². The van der Waals surface area contributed by atoms with E-state index >= 15 is 0 Å². The summed E-state index contributed by atoms with van der Waals surface area (Å²) in [5, 5.41) is 0. The second kappa shape index (κ2) is 6.11. The molecule has 86 valence electrons. The summed E-state index contributed by atoms with van der Waals surface area (Å²) >= 11 is 0. The van der Waals surface area contributed by atoms with Crippen LogP contribution in [0.3, 0.4) is 0 Å². The summed E-state index contributed by atoms with van der Waals surface area (Å²) in [5.41, 5.74) is 3.65. The van der Waals surface area contributed by atoms with Crippen LogP contribution < -0.4 is 0 Å². The van der Waals surface area contributed by atoms with E-state index in [4.69, 9.17) is 0 Å². The lowest BCUT2D eigenvalue weighted by atomic mass is 9.97. The van der Waals surface area contributed by atoms with Crippen molar-refractivity contribution in [2.45, 2.75) is 26.7 Å². The first kappa shape index (κ1) is 12.5. The minimum atomic E-state index is -0.159. The van der Waals surface area contributed by atoms with Crippen LogP contribution in [0.2, 0.25) is 0 Å². The third-order valence-corrected chi connectivity index (χ3v) is 2.67. The van der Waals surface area contributed by atoms with Crippen LogP contribution in [0.5, 0.6) is 0 Å². The number of ether oxygens (including phenoxy) is 1. The van der Waals surface area contributed by atoms with Gasteiger partial charge in [-0.15, -0.1) is 0 Å². The third kappa shape index (κ3) is 3.23. The average molecular weight is 218 g/mol. The fourth-order valence-corrected chi connectivity index (χ4v) is 1.71. The summed E-state index contributed by atoms with van der Waals surface area (Å²) in [6.45, 7) is 4.08. The van der Waals surface area contributed by atoms with Gasteiger partial charge in [0.1, 0.15) is 0 Å². The first-order valence-corrected chi connectivity index (χ1v) is 5.47. The number of aryl methyl sites for hydroxylation is 1. The van der Waals surface area contributed by atoms with Gasteiger partial charge in [-0.2, -0.15) is 0 Å². The molecule has 0 unspecified atom stereocenters. The topological polar surface area (TPSA) is 26.3 Å². The Hall–Kier alpha value is -1.57. The zero-order chi connectivity index (χ0) is 12.0. The van der Waals surface area contributed by atoms with Gasteiger partial charge < -0.3 is 4.74 Å². The lowest BCUT2D eigenvalue weighted by Crippen LogP contribution is -2.00. The van der Waals surface area contributed by atoms with Crippen molar-refractivity contribution in [2.24, 2.45) is 0 Å². The smallest absolute Gasteiger partial charge is 0.305 e. The maximum Gasteiger partial charge on any atom is 0.305 e. The molecule has 0 aliphatic heterocycles. The van der Waals surface area contributed by atoms with Crippen molar-refractivity contribution in [3.8, 4) is 0 Å². The van der Waals surface area contributed by atoms with Crippen molar-refractivity contribution >= 4 is 11.5 Å². The Labute approximate surface area is 96.9 Å². The highest BCUT2D eigenvalue weighted by atomic mass is 16.5. The molecule has 1 rings (SSSR count). The molecule has 1 aromatic carbocycles. The van der Waals surface area contributed by atoms with Gasteiger partial charge in [0.05, 0.1) is 7.11 Å². The van der Waals surface area contributed by atoms with E-state index in [0.29, 0.717) is 6.42 Å². The predicted molar refractivity (Wildman–Crippen MR) is 66.1 cm³/mol. The molecular weight excluding hydrogens is 200 g/mol. The van der Waals surface area contributed by atoms with Crippen LogP contribution in [0, 0.1) is 6.92 Å². The standard InChI is InChI=1S/C14H18O2/c1-4-12(9-10-14(15)16-3)13-8-6-5-7-11(13)2/h4-8H,9-10H2,1-3H3/b12-4-. The molecule has 0 aliphatic carbocycles. The summed E-state index contributed by atoms with van der Waals surface area (Å²) in [5.74, 6) is -0.159. The number of methoxy groups -OCH3 is 1.